The summed E-state index contributed by atoms with van der Waals surface area (Å²) in [5.41, 5.74) is 7.40. The van der Waals surface area contributed by atoms with Crippen molar-refractivity contribution in [1.29, 1.82) is 0 Å². The Hall–Kier alpha value is -1.55. The molecular formula is C16H23N3O. The summed E-state index contributed by atoms with van der Waals surface area (Å²) < 4.78 is 0. The number of rotatable bonds is 0. The summed E-state index contributed by atoms with van der Waals surface area (Å²) in [6.07, 6.45) is 0. The maximum atomic E-state index is 12.4. The second-order valence-electron chi connectivity index (χ2n) is 6.18. The van der Waals surface area contributed by atoms with Crippen LogP contribution in [0.1, 0.15) is 22.3 Å². The van der Waals surface area contributed by atoms with Crippen molar-refractivity contribution in [3.05, 3.63) is 22.3 Å². The Bertz CT molecular complexity index is 594. The van der Waals surface area contributed by atoms with Crippen LogP contribution in [0.15, 0.2) is 0 Å². The number of amides is 1. The Morgan fingerprint density at radius 1 is 1.00 bits per heavy atom. The molecule has 1 N–H and O–H groups in total. The van der Waals surface area contributed by atoms with E-state index in [2.05, 4.69) is 49.9 Å². The summed E-state index contributed by atoms with van der Waals surface area (Å²) in [5.74, 6) is 0.134. The first-order chi connectivity index (χ1) is 9.41. The minimum atomic E-state index is -0.0542. The molecule has 1 aromatic rings. The van der Waals surface area contributed by atoms with Crippen molar-refractivity contribution < 1.29 is 4.79 Å². The summed E-state index contributed by atoms with van der Waals surface area (Å²) in [6.45, 7) is 11.3. The maximum absolute atomic E-state index is 12.4. The average molecular weight is 273 g/mol. The first-order valence-electron chi connectivity index (χ1n) is 7.28. The van der Waals surface area contributed by atoms with Gasteiger partial charge in [0.15, 0.2) is 0 Å². The van der Waals surface area contributed by atoms with Crippen LogP contribution in [-0.2, 0) is 4.79 Å². The summed E-state index contributed by atoms with van der Waals surface area (Å²) in [7, 11) is 2.08. The quantitative estimate of drug-likeness (QED) is 0.785. The molecule has 108 valence electrons. The maximum Gasteiger partial charge on any atom is 0.248 e. The molecule has 1 saturated heterocycles. The fourth-order valence-corrected chi connectivity index (χ4v) is 3.42. The van der Waals surface area contributed by atoms with Gasteiger partial charge in [-0.15, -0.1) is 0 Å². The summed E-state index contributed by atoms with van der Waals surface area (Å²) in [5, 5.41) is 3.15. The van der Waals surface area contributed by atoms with Crippen LogP contribution in [-0.4, -0.2) is 43.5 Å². The predicted octanol–water partition coefficient (Wildman–Crippen LogP) is 1.99. The number of fused-ring (bicyclic) bond motifs is 3. The molecule has 3 rings (SSSR count). The Morgan fingerprint density at radius 2 is 1.65 bits per heavy atom. The van der Waals surface area contributed by atoms with E-state index in [-0.39, 0.29) is 11.9 Å². The van der Waals surface area contributed by atoms with Gasteiger partial charge in [0, 0.05) is 19.6 Å². The number of piperazine rings is 1. The number of carbonyl (C=O) groups excluding carboxylic acids is 1. The molecular weight excluding hydrogens is 250 g/mol. The third kappa shape index (κ3) is 1.74. The highest BCUT2D eigenvalue weighted by Gasteiger charge is 2.38. The number of benzene rings is 1. The Kier molecular flexibility index (Phi) is 3.01. The van der Waals surface area contributed by atoms with Gasteiger partial charge in [-0.1, -0.05) is 0 Å². The fourth-order valence-electron chi connectivity index (χ4n) is 3.42. The molecule has 2 aliphatic rings. The first-order valence-corrected chi connectivity index (χ1v) is 7.28. The SMILES string of the molecule is Cc1c(C)c(C)c2c(c1C)NC(=O)[C@H]1CN(C)CCN21. The van der Waals surface area contributed by atoms with Crippen LogP contribution in [0, 0.1) is 27.7 Å². The number of anilines is 2. The standard InChI is InChI=1S/C16H23N3O/c1-9-10(2)12(4)15-14(11(9)3)17-16(20)13-8-18(5)6-7-19(13)15/h13H,6-8H2,1-5H3,(H,17,20)/t13-/m1/s1. The Labute approximate surface area is 120 Å². The van der Waals surface area contributed by atoms with E-state index in [0.29, 0.717) is 0 Å². The van der Waals surface area contributed by atoms with Gasteiger partial charge in [-0.25, -0.2) is 0 Å². The van der Waals surface area contributed by atoms with Crippen molar-refractivity contribution in [1.82, 2.24) is 4.90 Å². The molecule has 1 amide bonds. The number of hydrogen-bond acceptors (Lipinski definition) is 3. The average Bonchev–Trinajstić information content (AvgIpc) is 2.43. The van der Waals surface area contributed by atoms with Crippen LogP contribution < -0.4 is 10.2 Å². The third-order valence-electron chi connectivity index (χ3n) is 5.08. The highest BCUT2D eigenvalue weighted by atomic mass is 16.2. The zero-order valence-corrected chi connectivity index (χ0v) is 13.0. The molecule has 0 spiro atoms. The molecule has 20 heavy (non-hydrogen) atoms. The van der Waals surface area contributed by atoms with E-state index in [4.69, 9.17) is 0 Å². The van der Waals surface area contributed by atoms with Crippen molar-refractivity contribution in [2.24, 2.45) is 0 Å². The van der Waals surface area contributed by atoms with E-state index >= 15 is 0 Å². The highest BCUT2D eigenvalue weighted by Crippen LogP contribution is 2.41. The molecule has 0 unspecified atom stereocenters. The van der Waals surface area contributed by atoms with Crippen LogP contribution in [0.3, 0.4) is 0 Å². The van der Waals surface area contributed by atoms with Crippen molar-refractivity contribution in [3.8, 4) is 0 Å². The molecule has 4 nitrogen and oxygen atoms in total. The topological polar surface area (TPSA) is 35.6 Å². The molecule has 0 aromatic heterocycles. The first kappa shape index (κ1) is 13.4. The Morgan fingerprint density at radius 3 is 2.35 bits per heavy atom. The minimum absolute atomic E-state index is 0.0542. The van der Waals surface area contributed by atoms with Gasteiger partial charge in [-0.3, -0.25) is 4.79 Å². The second kappa shape index (κ2) is 4.48. The number of carbonyl (C=O) groups is 1. The lowest BCUT2D eigenvalue weighted by Crippen LogP contribution is -2.59. The largest absolute Gasteiger partial charge is 0.355 e. The molecule has 0 bridgehead atoms. The molecule has 4 heteroatoms. The van der Waals surface area contributed by atoms with Crippen LogP contribution in [0.25, 0.3) is 0 Å². The lowest BCUT2D eigenvalue weighted by Gasteiger charge is -2.45. The van der Waals surface area contributed by atoms with E-state index in [1.54, 1.807) is 0 Å². The zero-order chi connectivity index (χ0) is 14.6. The van der Waals surface area contributed by atoms with Gasteiger partial charge in [-0.2, -0.15) is 0 Å². The smallest absolute Gasteiger partial charge is 0.248 e. The van der Waals surface area contributed by atoms with Crippen molar-refractivity contribution in [2.45, 2.75) is 33.7 Å². The lowest BCUT2D eigenvalue weighted by atomic mass is 9.91. The molecule has 1 aromatic carbocycles. The van der Waals surface area contributed by atoms with Crippen molar-refractivity contribution >= 4 is 17.3 Å². The Balaban J connectivity index is 2.19. The van der Waals surface area contributed by atoms with Crippen LogP contribution in [0.4, 0.5) is 11.4 Å². The van der Waals surface area contributed by atoms with E-state index in [0.717, 1.165) is 25.3 Å². The van der Waals surface area contributed by atoms with Gasteiger partial charge in [0.1, 0.15) is 6.04 Å². The van der Waals surface area contributed by atoms with Crippen molar-refractivity contribution in [3.63, 3.8) is 0 Å². The fraction of sp³-hybridized carbons (Fsp3) is 0.562. The van der Waals surface area contributed by atoms with E-state index < -0.39 is 0 Å². The molecule has 1 atom stereocenters. The van der Waals surface area contributed by atoms with Crippen LogP contribution in [0.5, 0.6) is 0 Å². The van der Waals surface area contributed by atoms with Crippen molar-refractivity contribution in [2.75, 3.05) is 36.9 Å². The summed E-state index contributed by atoms with van der Waals surface area (Å²) >= 11 is 0. The summed E-state index contributed by atoms with van der Waals surface area (Å²) in [6, 6.07) is -0.0542. The molecule has 0 saturated carbocycles. The minimum Gasteiger partial charge on any atom is -0.355 e. The van der Waals surface area contributed by atoms with Gasteiger partial charge < -0.3 is 15.1 Å². The molecule has 2 aliphatic heterocycles. The number of hydrogen-bond donors (Lipinski definition) is 1. The molecule has 0 aliphatic carbocycles. The number of nitrogens with one attached hydrogen (secondary N) is 1. The van der Waals surface area contributed by atoms with E-state index in [1.165, 1.54) is 27.9 Å². The lowest BCUT2D eigenvalue weighted by molar-refractivity contribution is -0.118. The van der Waals surface area contributed by atoms with Crippen LogP contribution >= 0.6 is 0 Å². The molecule has 2 heterocycles. The van der Waals surface area contributed by atoms with Gasteiger partial charge in [0.2, 0.25) is 5.91 Å². The van der Waals surface area contributed by atoms with Crippen LogP contribution in [0.2, 0.25) is 0 Å². The van der Waals surface area contributed by atoms with E-state index in [1.807, 2.05) is 0 Å². The monoisotopic (exact) mass is 273 g/mol. The normalized spacial score (nSPS) is 22.4. The van der Waals surface area contributed by atoms with Gasteiger partial charge in [0.25, 0.3) is 0 Å². The number of nitrogens with zero attached hydrogens (tertiary/aromatic N) is 2. The highest BCUT2D eigenvalue weighted by molar-refractivity contribution is 6.05. The van der Waals surface area contributed by atoms with Gasteiger partial charge >= 0.3 is 0 Å². The van der Waals surface area contributed by atoms with Gasteiger partial charge in [0.05, 0.1) is 11.4 Å². The predicted molar refractivity (Wildman–Crippen MR) is 82.7 cm³/mol. The summed E-state index contributed by atoms with van der Waals surface area (Å²) in [4.78, 5) is 17.0. The molecule has 0 radical (unpaired) electrons. The second-order valence-corrected chi connectivity index (χ2v) is 6.18. The van der Waals surface area contributed by atoms with Gasteiger partial charge in [-0.05, 0) is 57.0 Å². The number of likely N-dealkylation sites (N-methyl/N-ethyl adjacent to an activating group) is 1. The third-order valence-corrected chi connectivity index (χ3v) is 5.08. The molecule has 1 fully saturated rings. The van der Waals surface area contributed by atoms with E-state index in [9.17, 15) is 4.79 Å². The zero-order valence-electron chi connectivity index (χ0n) is 13.0.